The van der Waals surface area contributed by atoms with Gasteiger partial charge in [0.15, 0.2) is 0 Å². The van der Waals surface area contributed by atoms with Crippen LogP contribution in [-0.2, 0) is 0 Å². The number of nitrogens with two attached hydrogens (primary N) is 1. The van der Waals surface area contributed by atoms with E-state index in [0.717, 1.165) is 30.7 Å². The summed E-state index contributed by atoms with van der Waals surface area (Å²) in [6.07, 6.45) is 2.54. The minimum atomic E-state index is 0.734. The van der Waals surface area contributed by atoms with Crippen LogP contribution in [-0.4, -0.2) is 18.0 Å². The van der Waals surface area contributed by atoms with Crippen LogP contribution in [0.2, 0.25) is 0 Å². The monoisotopic (exact) mass is 168 g/mol. The molecule has 0 aromatic rings. The summed E-state index contributed by atoms with van der Waals surface area (Å²) in [6.45, 7) is 10.5. The van der Waals surface area contributed by atoms with E-state index < -0.39 is 0 Å². The summed E-state index contributed by atoms with van der Waals surface area (Å²) in [4.78, 5) is 2.18. The van der Waals surface area contributed by atoms with Crippen LogP contribution < -0.4 is 5.73 Å². The van der Waals surface area contributed by atoms with E-state index in [2.05, 4.69) is 25.3 Å². The van der Waals surface area contributed by atoms with Crippen molar-refractivity contribution in [1.82, 2.24) is 4.90 Å². The van der Waals surface area contributed by atoms with E-state index in [1.54, 1.807) is 0 Å². The van der Waals surface area contributed by atoms with Crippen LogP contribution in [0, 0.1) is 11.8 Å². The normalized spacial score (nSPS) is 20.1. The van der Waals surface area contributed by atoms with E-state index in [4.69, 9.17) is 5.73 Å². The standard InChI is InChI=1S/C10H20N2/c1-8(2)10-4-6-12(7-5-10)9(3)11/h8,10H,3-7,11H2,1-2H3. The highest BCUT2D eigenvalue weighted by molar-refractivity contribution is 4.89. The highest BCUT2D eigenvalue weighted by atomic mass is 15.2. The predicted octanol–water partition coefficient (Wildman–Crippen LogP) is 1.78. The molecule has 0 aliphatic carbocycles. The van der Waals surface area contributed by atoms with Gasteiger partial charge in [-0.05, 0) is 24.7 Å². The zero-order valence-electron chi connectivity index (χ0n) is 8.21. The topological polar surface area (TPSA) is 29.3 Å². The van der Waals surface area contributed by atoms with Crippen molar-refractivity contribution in [1.29, 1.82) is 0 Å². The smallest absolute Gasteiger partial charge is 0.0912 e. The van der Waals surface area contributed by atoms with Crippen LogP contribution in [0.3, 0.4) is 0 Å². The molecule has 0 atom stereocenters. The molecule has 2 nitrogen and oxygen atoms in total. The maximum Gasteiger partial charge on any atom is 0.0912 e. The van der Waals surface area contributed by atoms with Crippen LogP contribution in [0.15, 0.2) is 12.4 Å². The number of hydrogen-bond donors (Lipinski definition) is 1. The van der Waals surface area contributed by atoms with Crippen LogP contribution in [0.1, 0.15) is 26.7 Å². The highest BCUT2D eigenvalue weighted by Crippen LogP contribution is 2.24. The lowest BCUT2D eigenvalue weighted by atomic mass is 9.87. The van der Waals surface area contributed by atoms with Gasteiger partial charge in [-0.15, -0.1) is 0 Å². The highest BCUT2D eigenvalue weighted by Gasteiger charge is 2.20. The van der Waals surface area contributed by atoms with E-state index in [1.165, 1.54) is 12.8 Å². The average Bonchev–Trinajstić information content (AvgIpc) is 2.04. The second-order valence-electron chi connectivity index (χ2n) is 4.06. The Morgan fingerprint density at radius 1 is 1.42 bits per heavy atom. The van der Waals surface area contributed by atoms with Gasteiger partial charge in [0.05, 0.1) is 5.82 Å². The van der Waals surface area contributed by atoms with E-state index in [9.17, 15) is 0 Å². The van der Waals surface area contributed by atoms with Crippen LogP contribution in [0.4, 0.5) is 0 Å². The van der Waals surface area contributed by atoms with Gasteiger partial charge in [-0.25, -0.2) is 0 Å². The fourth-order valence-electron chi connectivity index (χ4n) is 1.85. The zero-order chi connectivity index (χ0) is 9.14. The number of hydrogen-bond acceptors (Lipinski definition) is 2. The molecule has 1 aliphatic rings. The molecule has 2 N–H and O–H groups in total. The first kappa shape index (κ1) is 9.43. The molecule has 0 saturated carbocycles. The van der Waals surface area contributed by atoms with Gasteiger partial charge in [0, 0.05) is 13.1 Å². The third kappa shape index (κ3) is 2.16. The summed E-state index contributed by atoms with van der Waals surface area (Å²) >= 11 is 0. The largest absolute Gasteiger partial charge is 0.386 e. The van der Waals surface area contributed by atoms with Crippen molar-refractivity contribution in [3.63, 3.8) is 0 Å². The summed E-state index contributed by atoms with van der Waals surface area (Å²) < 4.78 is 0. The molecule has 0 unspecified atom stereocenters. The molecule has 0 amide bonds. The zero-order valence-corrected chi connectivity index (χ0v) is 8.21. The number of likely N-dealkylation sites (tertiary alicyclic amines) is 1. The SMILES string of the molecule is C=C(N)N1CCC(C(C)C)CC1. The van der Waals surface area contributed by atoms with Crippen molar-refractivity contribution >= 4 is 0 Å². The Bertz CT molecular complexity index is 155. The Kier molecular flexibility index (Phi) is 3.01. The molecule has 12 heavy (non-hydrogen) atoms. The Labute approximate surface area is 75.4 Å². The van der Waals surface area contributed by atoms with Crippen LogP contribution in [0.5, 0.6) is 0 Å². The third-order valence-corrected chi connectivity index (χ3v) is 2.89. The van der Waals surface area contributed by atoms with Crippen molar-refractivity contribution < 1.29 is 0 Å². The first-order valence-corrected chi connectivity index (χ1v) is 4.80. The van der Waals surface area contributed by atoms with Gasteiger partial charge < -0.3 is 10.6 Å². The molecule has 1 saturated heterocycles. The fourth-order valence-corrected chi connectivity index (χ4v) is 1.85. The van der Waals surface area contributed by atoms with Crippen molar-refractivity contribution in [2.45, 2.75) is 26.7 Å². The first-order valence-electron chi connectivity index (χ1n) is 4.80. The fraction of sp³-hybridized carbons (Fsp3) is 0.800. The second kappa shape index (κ2) is 3.83. The van der Waals surface area contributed by atoms with Gasteiger partial charge in [-0.1, -0.05) is 20.4 Å². The molecule has 1 fully saturated rings. The Morgan fingerprint density at radius 3 is 2.25 bits per heavy atom. The lowest BCUT2D eigenvalue weighted by Crippen LogP contribution is -2.36. The molecule has 0 aromatic carbocycles. The molecule has 1 aliphatic heterocycles. The van der Waals surface area contributed by atoms with Gasteiger partial charge in [0.1, 0.15) is 0 Å². The lowest BCUT2D eigenvalue weighted by molar-refractivity contribution is 0.190. The van der Waals surface area contributed by atoms with Gasteiger partial charge in [0.25, 0.3) is 0 Å². The van der Waals surface area contributed by atoms with Crippen LogP contribution >= 0.6 is 0 Å². The summed E-state index contributed by atoms with van der Waals surface area (Å²) in [7, 11) is 0. The van der Waals surface area contributed by atoms with Crippen molar-refractivity contribution in [2.24, 2.45) is 17.6 Å². The van der Waals surface area contributed by atoms with Crippen molar-refractivity contribution in [3.8, 4) is 0 Å². The first-order chi connectivity index (χ1) is 5.61. The van der Waals surface area contributed by atoms with E-state index in [0.29, 0.717) is 0 Å². The summed E-state index contributed by atoms with van der Waals surface area (Å²) in [5, 5.41) is 0. The third-order valence-electron chi connectivity index (χ3n) is 2.89. The minimum Gasteiger partial charge on any atom is -0.386 e. The lowest BCUT2D eigenvalue weighted by Gasteiger charge is -2.34. The molecule has 2 heteroatoms. The molecule has 1 heterocycles. The Hall–Kier alpha value is -0.660. The van der Waals surface area contributed by atoms with E-state index >= 15 is 0 Å². The second-order valence-corrected chi connectivity index (χ2v) is 4.06. The maximum atomic E-state index is 5.62. The van der Waals surface area contributed by atoms with Gasteiger partial charge >= 0.3 is 0 Å². The van der Waals surface area contributed by atoms with Gasteiger partial charge in [-0.2, -0.15) is 0 Å². The van der Waals surface area contributed by atoms with Crippen molar-refractivity contribution in [2.75, 3.05) is 13.1 Å². The maximum absolute atomic E-state index is 5.62. The van der Waals surface area contributed by atoms with Gasteiger partial charge in [0.2, 0.25) is 0 Å². The van der Waals surface area contributed by atoms with Gasteiger partial charge in [-0.3, -0.25) is 0 Å². The molecular weight excluding hydrogens is 148 g/mol. The number of piperidine rings is 1. The van der Waals surface area contributed by atoms with Crippen LogP contribution in [0.25, 0.3) is 0 Å². The minimum absolute atomic E-state index is 0.734. The Morgan fingerprint density at radius 2 is 1.92 bits per heavy atom. The average molecular weight is 168 g/mol. The number of rotatable bonds is 2. The summed E-state index contributed by atoms with van der Waals surface area (Å²) in [6, 6.07) is 0. The summed E-state index contributed by atoms with van der Waals surface area (Å²) in [5.41, 5.74) is 5.62. The molecule has 0 bridgehead atoms. The molecule has 0 spiro atoms. The molecular formula is C10H20N2. The molecule has 0 radical (unpaired) electrons. The Balaban J connectivity index is 2.34. The molecule has 0 aromatic heterocycles. The van der Waals surface area contributed by atoms with Crippen molar-refractivity contribution in [3.05, 3.63) is 12.4 Å². The molecule has 70 valence electrons. The van der Waals surface area contributed by atoms with E-state index in [1.807, 2.05) is 0 Å². The van der Waals surface area contributed by atoms with E-state index in [-0.39, 0.29) is 0 Å². The summed E-state index contributed by atoms with van der Waals surface area (Å²) in [5.74, 6) is 2.44. The predicted molar refractivity (Wildman–Crippen MR) is 52.5 cm³/mol. The quantitative estimate of drug-likeness (QED) is 0.681. The molecule has 1 rings (SSSR count). The number of nitrogens with zero attached hydrogens (tertiary/aromatic N) is 1.